The molecule has 4 rings (SSSR count). The molecule has 0 unspecified atom stereocenters. The molecule has 2 heterocycles. The van der Waals surface area contributed by atoms with Gasteiger partial charge in [0, 0.05) is 43.9 Å². The average molecular weight is 467 g/mol. The van der Waals surface area contributed by atoms with Crippen LogP contribution in [0.2, 0.25) is 0 Å². The fraction of sp³-hybridized carbons (Fsp3) is 0.435. The summed E-state index contributed by atoms with van der Waals surface area (Å²) in [6.45, 7) is 4.82. The highest BCUT2D eigenvalue weighted by atomic mass is 32.3. The molecule has 2 N–H and O–H groups in total. The highest BCUT2D eigenvalue weighted by Gasteiger charge is 2.25. The molecule has 2 saturated heterocycles. The van der Waals surface area contributed by atoms with Crippen LogP contribution in [0.15, 0.2) is 30.3 Å². The lowest BCUT2D eigenvalue weighted by Crippen LogP contribution is -2.40. The van der Waals surface area contributed by atoms with E-state index in [1.165, 1.54) is 12.1 Å². The van der Waals surface area contributed by atoms with E-state index >= 15 is 0 Å². The van der Waals surface area contributed by atoms with Crippen LogP contribution in [0.4, 0.5) is 8.78 Å². The summed E-state index contributed by atoms with van der Waals surface area (Å²) in [5.41, 5.74) is 2.34. The monoisotopic (exact) mass is 466 g/mol. The molecule has 1 amide bonds. The third kappa shape index (κ3) is 5.13. The van der Waals surface area contributed by atoms with Gasteiger partial charge in [0.05, 0.1) is 24.7 Å². The number of amides is 1. The van der Waals surface area contributed by atoms with Gasteiger partial charge >= 0.3 is 0 Å². The van der Waals surface area contributed by atoms with Crippen molar-refractivity contribution in [3.05, 3.63) is 58.7 Å². The Balaban J connectivity index is 1.51. The van der Waals surface area contributed by atoms with Crippen molar-refractivity contribution in [1.82, 2.24) is 9.80 Å². The van der Waals surface area contributed by atoms with Gasteiger partial charge in [0.1, 0.15) is 11.6 Å². The van der Waals surface area contributed by atoms with Crippen LogP contribution < -0.4 is 0 Å². The molecule has 0 bridgehead atoms. The van der Waals surface area contributed by atoms with Gasteiger partial charge in [0.2, 0.25) is 0 Å². The van der Waals surface area contributed by atoms with Gasteiger partial charge in [-0.3, -0.25) is 18.8 Å². The summed E-state index contributed by atoms with van der Waals surface area (Å²) in [4.78, 5) is 16.3. The van der Waals surface area contributed by atoms with Crippen molar-refractivity contribution >= 4 is 16.5 Å². The second-order valence-corrected chi connectivity index (χ2v) is 10.8. The number of benzene rings is 2. The average Bonchev–Trinajstić information content (AvgIpc) is 2.77. The molecule has 2 aliphatic heterocycles. The van der Waals surface area contributed by atoms with E-state index in [-0.39, 0.29) is 29.5 Å². The van der Waals surface area contributed by atoms with Crippen LogP contribution in [0.3, 0.4) is 0 Å². The first-order valence-corrected chi connectivity index (χ1v) is 12.5. The van der Waals surface area contributed by atoms with Gasteiger partial charge in [0.25, 0.3) is 5.91 Å². The van der Waals surface area contributed by atoms with Crippen molar-refractivity contribution < 1.29 is 27.4 Å². The Labute approximate surface area is 188 Å². The van der Waals surface area contributed by atoms with Crippen molar-refractivity contribution in [3.63, 3.8) is 0 Å². The van der Waals surface area contributed by atoms with Gasteiger partial charge in [-0.25, -0.2) is 8.78 Å². The third-order valence-electron chi connectivity index (χ3n) is 6.08. The second-order valence-electron chi connectivity index (χ2n) is 8.34. The number of ether oxygens (including phenoxy) is 1. The molecular weight excluding hydrogens is 438 g/mol. The lowest BCUT2D eigenvalue weighted by molar-refractivity contribution is 0.0302. The number of morpholine rings is 1. The van der Waals surface area contributed by atoms with Crippen LogP contribution in [0.1, 0.15) is 21.5 Å². The van der Waals surface area contributed by atoms with E-state index in [1.54, 1.807) is 23.1 Å². The van der Waals surface area contributed by atoms with Crippen LogP contribution in [0.5, 0.6) is 0 Å². The van der Waals surface area contributed by atoms with Gasteiger partial charge in [0.15, 0.2) is 0 Å². The fourth-order valence-corrected chi connectivity index (χ4v) is 5.39. The molecule has 0 spiro atoms. The fourth-order valence-electron chi connectivity index (χ4n) is 4.09. The SMILES string of the molecule is Cc1cc(-c2cc(F)c(CN3CCS(O)(O)CC3)c(F)c2)ccc1C(=O)N1CCOCC1. The molecule has 2 aromatic carbocycles. The third-order valence-corrected chi connectivity index (χ3v) is 7.75. The van der Waals surface area contributed by atoms with Crippen molar-refractivity contribution in [2.75, 3.05) is 50.9 Å². The molecular formula is C23H28F2N2O4S. The van der Waals surface area contributed by atoms with Crippen molar-refractivity contribution in [2.24, 2.45) is 0 Å². The van der Waals surface area contributed by atoms with E-state index in [9.17, 15) is 22.7 Å². The van der Waals surface area contributed by atoms with Gasteiger partial charge in [-0.05, 0) is 41.8 Å². The minimum absolute atomic E-state index is 0.0250. The van der Waals surface area contributed by atoms with Gasteiger partial charge < -0.3 is 9.64 Å². The van der Waals surface area contributed by atoms with Crippen LogP contribution in [-0.4, -0.2) is 75.7 Å². The first-order valence-electron chi connectivity index (χ1n) is 10.7. The van der Waals surface area contributed by atoms with Crippen LogP contribution in [-0.2, 0) is 11.3 Å². The number of hydrogen-bond acceptors (Lipinski definition) is 5. The molecule has 32 heavy (non-hydrogen) atoms. The molecule has 174 valence electrons. The molecule has 0 saturated carbocycles. The highest BCUT2D eigenvalue weighted by molar-refractivity contribution is 8.24. The first kappa shape index (κ1) is 23.1. The number of hydrogen-bond donors (Lipinski definition) is 2. The minimum atomic E-state index is -2.55. The predicted octanol–water partition coefficient (Wildman–Crippen LogP) is 3.98. The van der Waals surface area contributed by atoms with Crippen molar-refractivity contribution in [2.45, 2.75) is 13.5 Å². The summed E-state index contributed by atoms with van der Waals surface area (Å²) in [6.07, 6.45) is 0. The van der Waals surface area contributed by atoms with E-state index in [4.69, 9.17) is 4.74 Å². The Morgan fingerprint density at radius 2 is 1.62 bits per heavy atom. The number of nitrogens with zero attached hydrogens (tertiary/aromatic N) is 2. The van der Waals surface area contributed by atoms with Crippen molar-refractivity contribution in [1.29, 1.82) is 0 Å². The molecule has 2 fully saturated rings. The standard InChI is InChI=1S/C23H28F2N2O4S/c1-16-12-17(2-3-19(16)23(28)27-4-8-31-9-5-27)18-13-21(24)20(22(25)14-18)15-26-6-10-32(29,30)11-7-26/h2-3,12-14,29-30H,4-11,15H2,1H3. The first-order chi connectivity index (χ1) is 15.2. The topological polar surface area (TPSA) is 73.2 Å². The number of carbonyl (C=O) groups is 1. The lowest BCUT2D eigenvalue weighted by atomic mass is 9.97. The Kier molecular flexibility index (Phi) is 6.83. The number of halogens is 2. The second kappa shape index (κ2) is 9.44. The molecule has 0 atom stereocenters. The number of carbonyl (C=O) groups excluding carboxylic acids is 1. The van der Waals surface area contributed by atoms with Gasteiger partial charge in [-0.15, -0.1) is 0 Å². The minimum Gasteiger partial charge on any atom is -0.378 e. The van der Waals surface area contributed by atoms with Crippen molar-refractivity contribution in [3.8, 4) is 11.1 Å². The predicted molar refractivity (Wildman–Crippen MR) is 121 cm³/mol. The molecule has 0 aliphatic carbocycles. The van der Waals surface area contributed by atoms with Crippen LogP contribution in [0, 0.1) is 18.6 Å². The molecule has 2 aromatic rings. The summed E-state index contributed by atoms with van der Waals surface area (Å²) in [6, 6.07) is 7.82. The maximum absolute atomic E-state index is 14.8. The zero-order valence-corrected chi connectivity index (χ0v) is 18.8. The summed E-state index contributed by atoms with van der Waals surface area (Å²) in [5.74, 6) is -0.888. The Morgan fingerprint density at radius 1 is 1.00 bits per heavy atom. The number of rotatable bonds is 4. The molecule has 0 aromatic heterocycles. The summed E-state index contributed by atoms with van der Waals surface area (Å²) >= 11 is 0. The Morgan fingerprint density at radius 3 is 2.22 bits per heavy atom. The Bertz CT molecular complexity index is 978. The largest absolute Gasteiger partial charge is 0.378 e. The number of aryl methyl sites for hydroxylation is 1. The normalized spacial score (nSPS) is 20.2. The summed E-state index contributed by atoms with van der Waals surface area (Å²) in [5, 5.41) is 0. The van der Waals surface area contributed by atoms with Gasteiger partial charge in [-0.1, -0.05) is 12.1 Å². The van der Waals surface area contributed by atoms with Gasteiger partial charge in [-0.2, -0.15) is 10.6 Å². The summed E-state index contributed by atoms with van der Waals surface area (Å²) in [7, 11) is -2.55. The van der Waals surface area contributed by atoms with E-state index in [0.717, 1.165) is 5.56 Å². The van der Waals surface area contributed by atoms with E-state index in [1.807, 2.05) is 11.8 Å². The molecule has 2 aliphatic rings. The highest BCUT2D eigenvalue weighted by Crippen LogP contribution is 2.40. The summed E-state index contributed by atoms with van der Waals surface area (Å²) < 4.78 is 54.4. The maximum Gasteiger partial charge on any atom is 0.254 e. The smallest absolute Gasteiger partial charge is 0.254 e. The van der Waals surface area contributed by atoms with Crippen LogP contribution in [0.25, 0.3) is 11.1 Å². The molecule has 6 nitrogen and oxygen atoms in total. The zero-order chi connectivity index (χ0) is 22.9. The van der Waals surface area contributed by atoms with E-state index < -0.39 is 22.2 Å². The van der Waals surface area contributed by atoms with E-state index in [2.05, 4.69) is 0 Å². The quantitative estimate of drug-likeness (QED) is 0.713. The molecule has 0 radical (unpaired) electrons. The maximum atomic E-state index is 14.8. The zero-order valence-electron chi connectivity index (χ0n) is 18.0. The molecule has 9 heteroatoms. The lowest BCUT2D eigenvalue weighted by Gasteiger charge is -2.41. The Hall–Kier alpha value is -2.04. The van der Waals surface area contributed by atoms with Crippen LogP contribution >= 0.6 is 10.6 Å². The van der Waals surface area contributed by atoms with E-state index in [0.29, 0.717) is 56.1 Å².